The first-order valence-corrected chi connectivity index (χ1v) is 9.49. The van der Waals surface area contributed by atoms with E-state index in [0.29, 0.717) is 39.3 Å². The lowest BCUT2D eigenvalue weighted by Crippen LogP contribution is -2.28. The van der Waals surface area contributed by atoms with Crippen molar-refractivity contribution in [2.75, 3.05) is 31.3 Å². The molecule has 5 nitrogen and oxygen atoms in total. The SMILES string of the molecule is COCCNC(=O)CSc1ccccc1C(=O)Nc1cc(Cl)ccc1Cl. The molecule has 0 aromatic heterocycles. The third-order valence-corrected chi connectivity index (χ3v) is 4.93. The Morgan fingerprint density at radius 1 is 1.15 bits per heavy atom. The number of rotatable bonds is 8. The van der Waals surface area contributed by atoms with Crippen LogP contribution in [0.2, 0.25) is 10.0 Å². The van der Waals surface area contributed by atoms with Crippen LogP contribution in [0.25, 0.3) is 0 Å². The molecule has 0 aliphatic carbocycles. The first kappa shape index (κ1) is 20.6. The van der Waals surface area contributed by atoms with Crippen LogP contribution in [0.4, 0.5) is 5.69 Å². The van der Waals surface area contributed by atoms with Crippen molar-refractivity contribution in [1.29, 1.82) is 0 Å². The zero-order valence-corrected chi connectivity index (χ0v) is 16.4. The van der Waals surface area contributed by atoms with E-state index < -0.39 is 0 Å². The maximum absolute atomic E-state index is 12.6. The van der Waals surface area contributed by atoms with E-state index in [2.05, 4.69) is 10.6 Å². The van der Waals surface area contributed by atoms with Gasteiger partial charge in [-0.15, -0.1) is 11.8 Å². The van der Waals surface area contributed by atoms with Crippen molar-refractivity contribution in [1.82, 2.24) is 5.32 Å². The highest BCUT2D eigenvalue weighted by molar-refractivity contribution is 8.00. The van der Waals surface area contributed by atoms with Gasteiger partial charge in [0, 0.05) is 23.6 Å². The minimum atomic E-state index is -0.322. The first-order chi connectivity index (χ1) is 12.5. The van der Waals surface area contributed by atoms with Crippen molar-refractivity contribution in [3.8, 4) is 0 Å². The lowest BCUT2D eigenvalue weighted by atomic mass is 10.2. The normalized spacial score (nSPS) is 10.4. The van der Waals surface area contributed by atoms with Crippen LogP contribution >= 0.6 is 35.0 Å². The average Bonchev–Trinajstić information content (AvgIpc) is 2.63. The zero-order chi connectivity index (χ0) is 18.9. The monoisotopic (exact) mass is 412 g/mol. The molecule has 0 spiro atoms. The van der Waals surface area contributed by atoms with E-state index >= 15 is 0 Å². The molecule has 0 fully saturated rings. The highest BCUT2D eigenvalue weighted by Gasteiger charge is 2.14. The summed E-state index contributed by atoms with van der Waals surface area (Å²) in [6.45, 7) is 0.904. The molecule has 2 amide bonds. The van der Waals surface area contributed by atoms with Crippen LogP contribution in [0.5, 0.6) is 0 Å². The highest BCUT2D eigenvalue weighted by atomic mass is 35.5. The lowest BCUT2D eigenvalue weighted by molar-refractivity contribution is -0.118. The number of benzene rings is 2. The topological polar surface area (TPSA) is 67.4 Å². The number of hydrogen-bond acceptors (Lipinski definition) is 4. The number of carbonyl (C=O) groups is 2. The Morgan fingerprint density at radius 2 is 1.92 bits per heavy atom. The van der Waals surface area contributed by atoms with Gasteiger partial charge in [0.1, 0.15) is 0 Å². The van der Waals surface area contributed by atoms with E-state index in [0.717, 1.165) is 0 Å². The number of carbonyl (C=O) groups excluding carboxylic acids is 2. The summed E-state index contributed by atoms with van der Waals surface area (Å²) in [5.41, 5.74) is 0.888. The van der Waals surface area contributed by atoms with Crippen molar-refractivity contribution in [3.05, 3.63) is 58.1 Å². The smallest absolute Gasteiger partial charge is 0.256 e. The molecule has 0 radical (unpaired) electrons. The molecular formula is C18H18Cl2N2O3S. The number of amides is 2. The molecule has 26 heavy (non-hydrogen) atoms. The summed E-state index contributed by atoms with van der Waals surface area (Å²) in [4.78, 5) is 25.1. The first-order valence-electron chi connectivity index (χ1n) is 7.75. The van der Waals surface area contributed by atoms with E-state index in [9.17, 15) is 9.59 Å². The second-order valence-corrected chi connectivity index (χ2v) is 7.07. The number of thioether (sulfide) groups is 1. The van der Waals surface area contributed by atoms with E-state index in [4.69, 9.17) is 27.9 Å². The largest absolute Gasteiger partial charge is 0.383 e. The summed E-state index contributed by atoms with van der Waals surface area (Å²) in [6.07, 6.45) is 0. The Labute approximate surface area is 166 Å². The van der Waals surface area contributed by atoms with Gasteiger partial charge in [-0.3, -0.25) is 9.59 Å². The molecular weight excluding hydrogens is 395 g/mol. The highest BCUT2D eigenvalue weighted by Crippen LogP contribution is 2.28. The van der Waals surface area contributed by atoms with Crippen molar-refractivity contribution in [2.24, 2.45) is 0 Å². The predicted octanol–water partition coefficient (Wildman–Crippen LogP) is 4.10. The maximum atomic E-state index is 12.6. The van der Waals surface area contributed by atoms with Gasteiger partial charge < -0.3 is 15.4 Å². The van der Waals surface area contributed by atoms with Gasteiger partial charge in [0.15, 0.2) is 0 Å². The molecule has 8 heteroatoms. The minimum Gasteiger partial charge on any atom is -0.383 e. The Kier molecular flexibility index (Phi) is 8.25. The van der Waals surface area contributed by atoms with Gasteiger partial charge >= 0.3 is 0 Å². The van der Waals surface area contributed by atoms with Gasteiger partial charge in [-0.2, -0.15) is 0 Å². The van der Waals surface area contributed by atoms with Crippen LogP contribution in [-0.2, 0) is 9.53 Å². The molecule has 0 unspecified atom stereocenters. The van der Waals surface area contributed by atoms with Crippen molar-refractivity contribution in [2.45, 2.75) is 4.90 Å². The fraction of sp³-hybridized carbons (Fsp3) is 0.222. The Morgan fingerprint density at radius 3 is 2.69 bits per heavy atom. The van der Waals surface area contributed by atoms with Crippen LogP contribution in [0.15, 0.2) is 47.4 Å². The summed E-state index contributed by atoms with van der Waals surface area (Å²) in [6, 6.07) is 11.9. The van der Waals surface area contributed by atoms with Crippen molar-refractivity contribution >= 4 is 52.5 Å². The maximum Gasteiger partial charge on any atom is 0.256 e. The van der Waals surface area contributed by atoms with Crippen LogP contribution < -0.4 is 10.6 Å². The second kappa shape index (κ2) is 10.4. The van der Waals surface area contributed by atoms with Crippen molar-refractivity contribution in [3.63, 3.8) is 0 Å². The molecule has 2 rings (SSSR count). The van der Waals surface area contributed by atoms with Crippen LogP contribution in [0, 0.1) is 0 Å². The van der Waals surface area contributed by atoms with Gasteiger partial charge in [-0.1, -0.05) is 35.3 Å². The molecule has 138 valence electrons. The molecule has 0 aliphatic rings. The summed E-state index contributed by atoms with van der Waals surface area (Å²) >= 11 is 13.3. The number of ether oxygens (including phenoxy) is 1. The van der Waals surface area contributed by atoms with Gasteiger partial charge in [-0.25, -0.2) is 0 Å². The average molecular weight is 413 g/mol. The Hall–Kier alpha value is -1.73. The Bertz CT molecular complexity index is 787. The molecule has 0 saturated heterocycles. The standard InChI is InChI=1S/C18H18Cl2N2O3S/c1-25-9-8-21-17(23)11-26-16-5-3-2-4-13(16)18(24)22-15-10-12(19)6-7-14(15)20/h2-7,10H,8-9,11H2,1H3,(H,21,23)(H,22,24). The summed E-state index contributed by atoms with van der Waals surface area (Å²) in [5, 5.41) is 6.36. The minimum absolute atomic E-state index is 0.125. The number of hydrogen-bond donors (Lipinski definition) is 2. The fourth-order valence-corrected chi connectivity index (χ4v) is 3.27. The molecule has 0 bridgehead atoms. The van der Waals surface area contributed by atoms with Crippen molar-refractivity contribution < 1.29 is 14.3 Å². The van der Waals surface area contributed by atoms with E-state index in [1.54, 1.807) is 43.5 Å². The number of nitrogens with one attached hydrogen (secondary N) is 2. The number of anilines is 1. The molecule has 0 heterocycles. The van der Waals surface area contributed by atoms with E-state index in [1.807, 2.05) is 6.07 Å². The molecule has 2 aromatic rings. The quantitative estimate of drug-likeness (QED) is 0.505. The summed E-state index contributed by atoms with van der Waals surface area (Å²) in [5.74, 6) is -0.247. The van der Waals surface area contributed by atoms with Crippen LogP contribution in [0.1, 0.15) is 10.4 Å². The van der Waals surface area contributed by atoms with E-state index in [1.165, 1.54) is 11.8 Å². The van der Waals surface area contributed by atoms with Gasteiger partial charge in [0.25, 0.3) is 5.91 Å². The second-order valence-electron chi connectivity index (χ2n) is 5.21. The van der Waals surface area contributed by atoms with Crippen LogP contribution in [0.3, 0.4) is 0 Å². The third kappa shape index (κ3) is 6.21. The zero-order valence-electron chi connectivity index (χ0n) is 14.1. The summed E-state index contributed by atoms with van der Waals surface area (Å²) < 4.78 is 4.89. The van der Waals surface area contributed by atoms with E-state index in [-0.39, 0.29) is 17.6 Å². The van der Waals surface area contributed by atoms with Gasteiger partial charge in [-0.05, 0) is 30.3 Å². The predicted molar refractivity (Wildman–Crippen MR) is 106 cm³/mol. The Balaban J connectivity index is 2.04. The molecule has 2 N–H and O–H groups in total. The summed E-state index contributed by atoms with van der Waals surface area (Å²) in [7, 11) is 1.57. The molecule has 0 atom stereocenters. The molecule has 0 saturated carbocycles. The third-order valence-electron chi connectivity index (χ3n) is 3.30. The molecule has 2 aromatic carbocycles. The van der Waals surface area contributed by atoms with Crippen LogP contribution in [-0.4, -0.2) is 37.8 Å². The number of methoxy groups -OCH3 is 1. The van der Waals surface area contributed by atoms with Gasteiger partial charge in [0.2, 0.25) is 5.91 Å². The molecule has 0 aliphatic heterocycles. The van der Waals surface area contributed by atoms with Gasteiger partial charge in [0.05, 0.1) is 28.6 Å². The number of halogens is 2. The lowest BCUT2D eigenvalue weighted by Gasteiger charge is -2.11. The fourth-order valence-electron chi connectivity index (χ4n) is 2.05.